The number of nitrogens with one attached hydrogen (secondary N) is 1. The highest BCUT2D eigenvalue weighted by Gasteiger charge is 2.33. The van der Waals surface area contributed by atoms with Gasteiger partial charge in [0.15, 0.2) is 0 Å². The van der Waals surface area contributed by atoms with Gasteiger partial charge in [0.2, 0.25) is 0 Å². The average Bonchev–Trinajstić information content (AvgIpc) is 2.75. The lowest BCUT2D eigenvalue weighted by molar-refractivity contribution is -0.138. The third kappa shape index (κ3) is 3.40. The molecule has 1 fully saturated rings. The van der Waals surface area contributed by atoms with Crippen molar-refractivity contribution in [3.05, 3.63) is 35.4 Å². The van der Waals surface area contributed by atoms with Crippen LogP contribution in [0.1, 0.15) is 57.1 Å². The van der Waals surface area contributed by atoms with Gasteiger partial charge in [-0.1, -0.05) is 44.5 Å². The van der Waals surface area contributed by atoms with Crippen molar-refractivity contribution in [1.29, 1.82) is 0 Å². The lowest BCUT2D eigenvalue weighted by Gasteiger charge is -2.28. The summed E-state index contributed by atoms with van der Waals surface area (Å²) in [5.41, 5.74) is 2.47. The zero-order valence-electron chi connectivity index (χ0n) is 12.6. The Morgan fingerprint density at radius 2 is 2.05 bits per heavy atom. The van der Waals surface area contributed by atoms with Gasteiger partial charge in [-0.3, -0.25) is 4.79 Å². The maximum atomic E-state index is 10.9. The number of rotatable bonds is 5. The molecule has 0 spiro atoms. The van der Waals surface area contributed by atoms with Crippen molar-refractivity contribution >= 4 is 5.97 Å². The highest BCUT2D eigenvalue weighted by molar-refractivity contribution is 5.75. The Bertz CT molecular complexity index is 464. The molecule has 110 valence electrons. The second-order valence-electron chi connectivity index (χ2n) is 6.62. The van der Waals surface area contributed by atoms with Gasteiger partial charge in [0, 0.05) is 12.6 Å². The highest BCUT2D eigenvalue weighted by atomic mass is 16.4. The van der Waals surface area contributed by atoms with E-state index in [1.165, 1.54) is 24.8 Å². The molecule has 0 heterocycles. The number of benzene rings is 1. The fraction of sp³-hybridized carbons (Fsp3) is 0.588. The minimum absolute atomic E-state index is 0.387. The monoisotopic (exact) mass is 275 g/mol. The van der Waals surface area contributed by atoms with Crippen LogP contribution in [0.3, 0.4) is 0 Å². The van der Waals surface area contributed by atoms with E-state index in [9.17, 15) is 4.79 Å². The molecule has 0 aromatic heterocycles. The van der Waals surface area contributed by atoms with E-state index in [2.05, 4.69) is 19.2 Å². The summed E-state index contributed by atoms with van der Waals surface area (Å²) in [6.07, 6.45) is 3.85. The lowest BCUT2D eigenvalue weighted by atomic mass is 9.87. The molecule has 1 aliphatic rings. The van der Waals surface area contributed by atoms with Crippen LogP contribution in [-0.4, -0.2) is 17.1 Å². The molecule has 3 heteroatoms. The predicted octanol–water partition coefficient (Wildman–Crippen LogP) is 3.54. The third-order valence-electron chi connectivity index (χ3n) is 4.66. The number of carbonyl (C=O) groups is 1. The summed E-state index contributed by atoms with van der Waals surface area (Å²) < 4.78 is 0. The van der Waals surface area contributed by atoms with Crippen LogP contribution in [0, 0.1) is 5.41 Å². The lowest BCUT2D eigenvalue weighted by Crippen LogP contribution is -2.37. The molecular weight excluding hydrogens is 250 g/mol. The van der Waals surface area contributed by atoms with Crippen molar-refractivity contribution in [1.82, 2.24) is 5.32 Å². The van der Waals surface area contributed by atoms with E-state index in [-0.39, 0.29) is 0 Å². The Kier molecular flexibility index (Phi) is 4.48. The van der Waals surface area contributed by atoms with Crippen LogP contribution in [-0.2, 0) is 11.3 Å². The average molecular weight is 275 g/mol. The predicted molar refractivity (Wildman–Crippen MR) is 80.8 cm³/mol. The quantitative estimate of drug-likeness (QED) is 0.864. The fourth-order valence-electron chi connectivity index (χ4n) is 3.01. The van der Waals surface area contributed by atoms with Gasteiger partial charge in [0.05, 0.1) is 5.92 Å². The summed E-state index contributed by atoms with van der Waals surface area (Å²) in [7, 11) is 0. The van der Waals surface area contributed by atoms with Crippen LogP contribution in [0.5, 0.6) is 0 Å². The van der Waals surface area contributed by atoms with E-state index in [4.69, 9.17) is 5.11 Å². The summed E-state index contributed by atoms with van der Waals surface area (Å²) >= 11 is 0. The smallest absolute Gasteiger partial charge is 0.310 e. The van der Waals surface area contributed by atoms with Gasteiger partial charge in [0.1, 0.15) is 0 Å². The van der Waals surface area contributed by atoms with Crippen molar-refractivity contribution in [2.75, 3.05) is 0 Å². The molecule has 0 radical (unpaired) electrons. The highest BCUT2D eigenvalue weighted by Crippen LogP contribution is 2.37. The summed E-state index contributed by atoms with van der Waals surface area (Å²) in [6, 6.07) is 8.50. The van der Waals surface area contributed by atoms with Gasteiger partial charge in [-0.05, 0) is 36.3 Å². The number of hydrogen-bond donors (Lipinski definition) is 2. The van der Waals surface area contributed by atoms with Crippen LogP contribution in [0.25, 0.3) is 0 Å². The standard InChI is InChI=1S/C17H25NO2/c1-12(16(19)20)14-8-6-13(7-9-14)11-18-15-5-4-10-17(15,2)3/h6-9,12,15,18H,4-5,10-11H2,1-3H3,(H,19,20). The molecule has 2 unspecified atom stereocenters. The number of carboxylic acids is 1. The van der Waals surface area contributed by atoms with Crippen LogP contribution in [0.4, 0.5) is 0 Å². The van der Waals surface area contributed by atoms with E-state index >= 15 is 0 Å². The van der Waals surface area contributed by atoms with Crippen molar-refractivity contribution in [2.24, 2.45) is 5.41 Å². The first-order valence-electron chi connectivity index (χ1n) is 7.45. The normalized spacial score (nSPS) is 22.6. The maximum absolute atomic E-state index is 10.9. The second kappa shape index (κ2) is 5.96. The van der Waals surface area contributed by atoms with Gasteiger partial charge < -0.3 is 10.4 Å². The minimum atomic E-state index is -0.774. The molecule has 20 heavy (non-hydrogen) atoms. The molecule has 1 aliphatic carbocycles. The van der Waals surface area contributed by atoms with E-state index in [1.54, 1.807) is 6.92 Å². The van der Waals surface area contributed by atoms with E-state index < -0.39 is 11.9 Å². The molecule has 0 saturated heterocycles. The second-order valence-corrected chi connectivity index (χ2v) is 6.62. The molecule has 2 rings (SSSR count). The zero-order chi connectivity index (χ0) is 14.8. The molecule has 1 saturated carbocycles. The van der Waals surface area contributed by atoms with Gasteiger partial charge in [-0.15, -0.1) is 0 Å². The summed E-state index contributed by atoms with van der Waals surface area (Å²) in [6.45, 7) is 7.23. The Labute approximate surface area is 121 Å². The molecule has 0 aliphatic heterocycles. The molecule has 0 amide bonds. The first-order valence-corrected chi connectivity index (χ1v) is 7.45. The summed E-state index contributed by atoms with van der Waals surface area (Å²) in [4.78, 5) is 10.9. The van der Waals surface area contributed by atoms with Gasteiger partial charge in [-0.25, -0.2) is 0 Å². The maximum Gasteiger partial charge on any atom is 0.310 e. The zero-order valence-corrected chi connectivity index (χ0v) is 12.6. The van der Waals surface area contributed by atoms with E-state index in [0.29, 0.717) is 11.5 Å². The Morgan fingerprint density at radius 3 is 2.55 bits per heavy atom. The Hall–Kier alpha value is -1.35. The largest absolute Gasteiger partial charge is 0.481 e. The first-order chi connectivity index (χ1) is 9.40. The number of carboxylic acid groups (broad SMARTS) is 1. The van der Waals surface area contributed by atoms with E-state index in [0.717, 1.165) is 12.1 Å². The molecule has 1 aromatic rings. The first kappa shape index (κ1) is 15.0. The Morgan fingerprint density at radius 1 is 1.40 bits per heavy atom. The molecule has 1 aromatic carbocycles. The molecule has 2 N–H and O–H groups in total. The molecule has 0 bridgehead atoms. The summed E-state index contributed by atoms with van der Waals surface area (Å²) in [5, 5.41) is 12.6. The van der Waals surface area contributed by atoms with Crippen LogP contribution in [0.15, 0.2) is 24.3 Å². The van der Waals surface area contributed by atoms with Crippen LogP contribution in [0.2, 0.25) is 0 Å². The van der Waals surface area contributed by atoms with E-state index in [1.807, 2.05) is 24.3 Å². The van der Waals surface area contributed by atoms with Crippen molar-refractivity contribution in [2.45, 2.75) is 58.5 Å². The van der Waals surface area contributed by atoms with Crippen molar-refractivity contribution in [3.8, 4) is 0 Å². The summed E-state index contributed by atoms with van der Waals surface area (Å²) in [5.74, 6) is -1.21. The van der Waals surface area contributed by atoms with Gasteiger partial charge >= 0.3 is 5.97 Å². The minimum Gasteiger partial charge on any atom is -0.481 e. The fourth-order valence-corrected chi connectivity index (χ4v) is 3.01. The number of aliphatic carboxylic acids is 1. The van der Waals surface area contributed by atoms with Crippen LogP contribution >= 0.6 is 0 Å². The van der Waals surface area contributed by atoms with Crippen LogP contribution < -0.4 is 5.32 Å². The van der Waals surface area contributed by atoms with Gasteiger partial charge in [-0.2, -0.15) is 0 Å². The van der Waals surface area contributed by atoms with Crippen molar-refractivity contribution < 1.29 is 9.90 Å². The topological polar surface area (TPSA) is 49.3 Å². The SMILES string of the molecule is CC(C(=O)O)c1ccc(CNC2CCCC2(C)C)cc1. The third-order valence-corrected chi connectivity index (χ3v) is 4.66. The van der Waals surface area contributed by atoms with Gasteiger partial charge in [0.25, 0.3) is 0 Å². The molecule has 3 nitrogen and oxygen atoms in total. The molecular formula is C17H25NO2. The molecule has 2 atom stereocenters. The Balaban J connectivity index is 1.93. The number of hydrogen-bond acceptors (Lipinski definition) is 2. The van der Waals surface area contributed by atoms with Crippen molar-refractivity contribution in [3.63, 3.8) is 0 Å².